The molecule has 0 aliphatic heterocycles. The topological polar surface area (TPSA) is 71.1 Å². The van der Waals surface area contributed by atoms with Gasteiger partial charge in [0, 0.05) is 44.7 Å². The lowest BCUT2D eigenvalue weighted by molar-refractivity contribution is 0.415. The molecular weight excluding hydrogens is 565 g/mol. The maximum absolute atomic E-state index is 6.26. The van der Waals surface area contributed by atoms with Crippen LogP contribution in [0.15, 0.2) is 72.8 Å². The van der Waals surface area contributed by atoms with Crippen molar-refractivity contribution in [3.63, 3.8) is 0 Å². The number of hydrogen-bond donors (Lipinski definition) is 3. The van der Waals surface area contributed by atoms with Gasteiger partial charge < -0.3 is 20.7 Å². The zero-order valence-electron chi connectivity index (χ0n) is 23.7. The number of methoxy groups -OCH3 is 1. The number of benzene rings is 4. The lowest BCUT2D eigenvalue weighted by atomic mass is 10.1. The third-order valence-electron chi connectivity index (χ3n) is 7.50. The van der Waals surface area contributed by atoms with E-state index in [0.717, 1.165) is 99.8 Å². The molecule has 4 aromatic carbocycles. The van der Waals surface area contributed by atoms with Gasteiger partial charge in [0.05, 0.1) is 40.6 Å². The summed E-state index contributed by atoms with van der Waals surface area (Å²) in [7, 11) is 1.68. The Morgan fingerprint density at radius 3 is 1.71 bits per heavy atom. The average Bonchev–Trinajstić information content (AvgIpc) is 2.99. The molecule has 6 aromatic rings. The van der Waals surface area contributed by atoms with Crippen molar-refractivity contribution in [3.8, 4) is 5.75 Å². The molecule has 42 heavy (non-hydrogen) atoms. The van der Waals surface area contributed by atoms with Gasteiger partial charge in [-0.2, -0.15) is 0 Å². The Kier molecular flexibility index (Phi) is 8.47. The minimum absolute atomic E-state index is 0.678. The Labute approximate surface area is 255 Å². The van der Waals surface area contributed by atoms with Crippen LogP contribution in [-0.4, -0.2) is 43.3 Å². The molecule has 0 saturated heterocycles. The van der Waals surface area contributed by atoms with Gasteiger partial charge in [-0.3, -0.25) is 0 Å². The first-order chi connectivity index (χ1) is 20.5. The van der Waals surface area contributed by atoms with E-state index >= 15 is 0 Å². The molecule has 0 fully saturated rings. The van der Waals surface area contributed by atoms with Crippen LogP contribution < -0.4 is 20.7 Å². The molecule has 0 aliphatic carbocycles. The van der Waals surface area contributed by atoms with Crippen LogP contribution in [0, 0.1) is 6.92 Å². The molecule has 0 radical (unpaired) electrons. The number of ether oxygens (including phenoxy) is 1. The van der Waals surface area contributed by atoms with E-state index in [1.54, 1.807) is 7.11 Å². The lowest BCUT2D eigenvalue weighted by Gasteiger charge is -2.15. The van der Waals surface area contributed by atoms with Crippen LogP contribution in [0.25, 0.3) is 43.6 Å². The Morgan fingerprint density at radius 1 is 0.595 bits per heavy atom. The zero-order valence-corrected chi connectivity index (χ0v) is 25.2. The molecule has 0 spiro atoms. The number of aromatic nitrogens is 2. The van der Waals surface area contributed by atoms with Gasteiger partial charge in [-0.15, -0.1) is 0 Å². The van der Waals surface area contributed by atoms with Crippen molar-refractivity contribution in [2.75, 3.05) is 43.9 Å². The van der Waals surface area contributed by atoms with Crippen molar-refractivity contribution in [2.24, 2.45) is 0 Å². The minimum atomic E-state index is 0.678. The maximum atomic E-state index is 6.26. The molecule has 0 aliphatic rings. The highest BCUT2D eigenvalue weighted by Gasteiger charge is 2.12. The Bertz CT molecular complexity index is 1910. The van der Waals surface area contributed by atoms with E-state index in [1.165, 1.54) is 5.56 Å². The fourth-order valence-corrected chi connectivity index (χ4v) is 5.75. The third kappa shape index (κ3) is 6.02. The Morgan fingerprint density at radius 2 is 1.14 bits per heavy atom. The third-order valence-corrected chi connectivity index (χ3v) is 7.97. The number of rotatable bonds is 11. The molecule has 2 heterocycles. The van der Waals surface area contributed by atoms with Crippen LogP contribution in [-0.2, 0) is 0 Å². The fourth-order valence-electron chi connectivity index (χ4n) is 5.41. The highest BCUT2D eigenvalue weighted by atomic mass is 35.5. The molecule has 6 nitrogen and oxygen atoms in total. The molecule has 0 atom stereocenters. The van der Waals surface area contributed by atoms with E-state index in [0.29, 0.717) is 10.0 Å². The summed E-state index contributed by atoms with van der Waals surface area (Å²) < 4.78 is 5.48. The Balaban J connectivity index is 1.04. The SMILES string of the molecule is COc1ccc2nc3cc(Cl)ccc3c(NCCCNCCCNc3c4ccc(Cl)cc4nc4ccc(C)cc34)c2c1. The number of halogens is 2. The summed E-state index contributed by atoms with van der Waals surface area (Å²) in [6, 6.07) is 24.1. The van der Waals surface area contributed by atoms with Crippen LogP contribution >= 0.6 is 23.2 Å². The summed E-state index contributed by atoms with van der Waals surface area (Å²) >= 11 is 12.5. The second-order valence-electron chi connectivity index (χ2n) is 10.5. The van der Waals surface area contributed by atoms with Gasteiger partial charge in [0.2, 0.25) is 0 Å². The van der Waals surface area contributed by atoms with Crippen molar-refractivity contribution in [1.29, 1.82) is 0 Å². The summed E-state index contributed by atoms with van der Waals surface area (Å²) in [6.07, 6.45) is 1.98. The normalized spacial score (nSPS) is 11.5. The predicted molar refractivity (Wildman–Crippen MR) is 179 cm³/mol. The van der Waals surface area contributed by atoms with Crippen LogP contribution in [0.3, 0.4) is 0 Å². The van der Waals surface area contributed by atoms with Gasteiger partial charge in [-0.05, 0) is 99.6 Å². The number of nitrogens with zero attached hydrogens (tertiary/aromatic N) is 2. The highest BCUT2D eigenvalue weighted by Crippen LogP contribution is 2.35. The first-order valence-electron chi connectivity index (χ1n) is 14.3. The van der Waals surface area contributed by atoms with Gasteiger partial charge in [0.25, 0.3) is 0 Å². The number of nitrogens with one attached hydrogen (secondary N) is 3. The molecule has 0 unspecified atom stereocenters. The number of hydrogen-bond acceptors (Lipinski definition) is 6. The summed E-state index contributed by atoms with van der Waals surface area (Å²) in [5.41, 5.74) is 7.06. The van der Waals surface area contributed by atoms with Crippen LogP contribution in [0.4, 0.5) is 11.4 Å². The number of anilines is 2. The smallest absolute Gasteiger partial charge is 0.119 e. The number of pyridine rings is 2. The van der Waals surface area contributed by atoms with E-state index in [1.807, 2.05) is 48.5 Å². The first-order valence-corrected chi connectivity index (χ1v) is 15.0. The predicted octanol–water partition coefficient (Wildman–Crippen LogP) is 8.61. The largest absolute Gasteiger partial charge is 0.497 e. The fraction of sp³-hybridized carbons (Fsp3) is 0.235. The van der Waals surface area contributed by atoms with Crippen LogP contribution in [0.5, 0.6) is 5.75 Å². The van der Waals surface area contributed by atoms with E-state index in [2.05, 4.69) is 47.1 Å². The second kappa shape index (κ2) is 12.6. The quantitative estimate of drug-likeness (QED) is 0.103. The summed E-state index contributed by atoms with van der Waals surface area (Å²) in [5.74, 6) is 0.808. The summed E-state index contributed by atoms with van der Waals surface area (Å²) in [4.78, 5) is 9.65. The van der Waals surface area contributed by atoms with E-state index < -0.39 is 0 Å². The lowest BCUT2D eigenvalue weighted by Crippen LogP contribution is -2.21. The van der Waals surface area contributed by atoms with Crippen molar-refractivity contribution in [3.05, 3.63) is 88.4 Å². The van der Waals surface area contributed by atoms with Gasteiger partial charge >= 0.3 is 0 Å². The molecule has 214 valence electrons. The van der Waals surface area contributed by atoms with Crippen LogP contribution in [0.2, 0.25) is 10.0 Å². The first kappa shape index (κ1) is 28.3. The van der Waals surface area contributed by atoms with Crippen LogP contribution in [0.1, 0.15) is 18.4 Å². The molecule has 0 saturated carbocycles. The van der Waals surface area contributed by atoms with Crippen molar-refractivity contribution in [1.82, 2.24) is 15.3 Å². The number of fused-ring (bicyclic) bond motifs is 4. The Hall–Kier alpha value is -3.84. The molecule has 3 N–H and O–H groups in total. The van der Waals surface area contributed by atoms with E-state index in [4.69, 9.17) is 37.9 Å². The second-order valence-corrected chi connectivity index (χ2v) is 11.4. The van der Waals surface area contributed by atoms with Gasteiger partial charge in [-0.1, -0.05) is 34.8 Å². The minimum Gasteiger partial charge on any atom is -0.497 e. The monoisotopic (exact) mass is 597 g/mol. The van der Waals surface area contributed by atoms with Gasteiger partial charge in [-0.25, -0.2) is 9.97 Å². The maximum Gasteiger partial charge on any atom is 0.119 e. The highest BCUT2D eigenvalue weighted by molar-refractivity contribution is 6.32. The zero-order chi connectivity index (χ0) is 29.1. The summed E-state index contributed by atoms with van der Waals surface area (Å²) in [5, 5.41) is 16.6. The molecule has 2 aromatic heterocycles. The average molecular weight is 599 g/mol. The van der Waals surface area contributed by atoms with Gasteiger partial charge in [0.1, 0.15) is 5.75 Å². The van der Waals surface area contributed by atoms with Crippen molar-refractivity contribution >= 4 is 78.2 Å². The molecular formula is C34H33Cl2N5O. The van der Waals surface area contributed by atoms with Gasteiger partial charge in [0.15, 0.2) is 0 Å². The molecule has 0 bridgehead atoms. The molecule has 0 amide bonds. The van der Waals surface area contributed by atoms with E-state index in [9.17, 15) is 0 Å². The standard InChI is InChI=1S/C34H33Cl2N5O/c1-21-5-11-29-27(17-21)33(25-9-6-22(35)18-31(25)40-29)38-15-3-13-37-14-4-16-39-34-26-10-7-23(36)19-32(26)41-30-12-8-24(42-2)20-28(30)34/h5-12,17-20,37H,3-4,13-16H2,1-2H3,(H,38,40)(H,39,41). The molecule has 8 heteroatoms. The van der Waals surface area contributed by atoms with Crippen molar-refractivity contribution < 1.29 is 4.74 Å². The summed E-state index contributed by atoms with van der Waals surface area (Å²) in [6.45, 7) is 5.64. The van der Waals surface area contributed by atoms with Crippen molar-refractivity contribution in [2.45, 2.75) is 19.8 Å². The molecule has 6 rings (SSSR count). The number of aryl methyl sites for hydroxylation is 1. The van der Waals surface area contributed by atoms with E-state index in [-0.39, 0.29) is 0 Å².